The van der Waals surface area contributed by atoms with Gasteiger partial charge in [-0.25, -0.2) is 4.39 Å². The first kappa shape index (κ1) is 23.6. The molecule has 2 aromatic rings. The molecule has 2 rings (SSSR count). The number of hydrogen-bond acceptors (Lipinski definition) is 6. The highest BCUT2D eigenvalue weighted by Gasteiger charge is 2.23. The number of para-hydroxylation sites is 1. The summed E-state index contributed by atoms with van der Waals surface area (Å²) in [6.07, 6.45) is 0. The van der Waals surface area contributed by atoms with Gasteiger partial charge >= 0.3 is 10.1 Å². The number of carbonyl (C=O) groups is 1. The maximum Gasteiger partial charge on any atom is 0.339 e. The van der Waals surface area contributed by atoms with Gasteiger partial charge in [-0.05, 0) is 24.3 Å². The van der Waals surface area contributed by atoms with Crippen LogP contribution in [0.4, 0.5) is 4.39 Å². The van der Waals surface area contributed by atoms with Crippen LogP contribution in [0.2, 0.25) is 0 Å². The van der Waals surface area contributed by atoms with Gasteiger partial charge in [0.05, 0.1) is 13.7 Å². The fourth-order valence-corrected chi connectivity index (χ4v) is 3.70. The third-order valence-electron chi connectivity index (χ3n) is 4.32. The van der Waals surface area contributed by atoms with Crippen LogP contribution in [0.15, 0.2) is 47.4 Å². The van der Waals surface area contributed by atoms with E-state index in [2.05, 4.69) is 0 Å². The zero-order chi connectivity index (χ0) is 22.3. The summed E-state index contributed by atoms with van der Waals surface area (Å²) in [6, 6.07) is 9.75. The van der Waals surface area contributed by atoms with Crippen LogP contribution in [-0.4, -0.2) is 46.6 Å². The molecule has 0 radical (unpaired) electrons. The Balaban J connectivity index is 2.31. The lowest BCUT2D eigenvalue weighted by molar-refractivity contribution is -0.135. The molecule has 0 heterocycles. The predicted octanol–water partition coefficient (Wildman–Crippen LogP) is 3.23. The maximum atomic E-state index is 14.0. The molecule has 1 amide bonds. The van der Waals surface area contributed by atoms with Crippen molar-refractivity contribution in [2.24, 2.45) is 5.92 Å². The highest BCUT2D eigenvalue weighted by Crippen LogP contribution is 2.27. The lowest BCUT2D eigenvalue weighted by Crippen LogP contribution is -2.36. The second-order valence-electron chi connectivity index (χ2n) is 6.85. The molecule has 0 bridgehead atoms. The lowest BCUT2D eigenvalue weighted by atomic mass is 10.1. The standard InChI is InChI=1S/C21H26FNO6S/c1-15(2)21(24)23(11-12-27-3)14-16-7-5-6-8-19(16)29-30(25,26)17-9-10-20(28-4)18(22)13-17/h5-10,13,15H,11-12,14H2,1-4H3. The van der Waals surface area contributed by atoms with Crippen molar-refractivity contribution in [3.63, 3.8) is 0 Å². The van der Waals surface area contributed by atoms with Gasteiger partial charge in [0.2, 0.25) is 5.91 Å². The molecule has 0 atom stereocenters. The van der Waals surface area contributed by atoms with E-state index in [4.69, 9.17) is 13.7 Å². The first-order chi connectivity index (χ1) is 14.2. The van der Waals surface area contributed by atoms with Gasteiger partial charge < -0.3 is 18.6 Å². The number of benzene rings is 2. The van der Waals surface area contributed by atoms with E-state index in [0.717, 1.165) is 6.07 Å². The van der Waals surface area contributed by atoms with E-state index in [0.29, 0.717) is 18.7 Å². The van der Waals surface area contributed by atoms with Crippen molar-refractivity contribution in [3.05, 3.63) is 53.8 Å². The Kier molecular flexibility index (Phi) is 8.19. The van der Waals surface area contributed by atoms with Crippen LogP contribution in [0, 0.1) is 11.7 Å². The summed E-state index contributed by atoms with van der Waals surface area (Å²) in [6.45, 7) is 4.40. The Morgan fingerprint density at radius 2 is 1.80 bits per heavy atom. The fourth-order valence-electron chi connectivity index (χ4n) is 2.72. The van der Waals surface area contributed by atoms with Gasteiger partial charge in [-0.1, -0.05) is 32.0 Å². The van der Waals surface area contributed by atoms with E-state index in [9.17, 15) is 17.6 Å². The normalized spacial score (nSPS) is 11.4. The summed E-state index contributed by atoms with van der Waals surface area (Å²) in [4.78, 5) is 13.8. The minimum Gasteiger partial charge on any atom is -0.494 e. The maximum absolute atomic E-state index is 14.0. The number of nitrogens with zero attached hydrogens (tertiary/aromatic N) is 1. The molecule has 0 N–H and O–H groups in total. The molecule has 164 valence electrons. The van der Waals surface area contributed by atoms with Gasteiger partial charge in [0, 0.05) is 31.7 Å². The Labute approximate surface area is 176 Å². The number of methoxy groups -OCH3 is 2. The highest BCUT2D eigenvalue weighted by molar-refractivity contribution is 7.87. The molecule has 0 saturated heterocycles. The molecule has 0 aliphatic heterocycles. The van der Waals surface area contributed by atoms with Crippen molar-refractivity contribution in [2.45, 2.75) is 25.3 Å². The van der Waals surface area contributed by atoms with Crippen LogP contribution < -0.4 is 8.92 Å². The zero-order valence-corrected chi connectivity index (χ0v) is 18.2. The predicted molar refractivity (Wildman–Crippen MR) is 109 cm³/mol. The fraction of sp³-hybridized carbons (Fsp3) is 0.381. The number of ether oxygens (including phenoxy) is 2. The van der Waals surface area contributed by atoms with Crippen LogP contribution in [0.1, 0.15) is 19.4 Å². The van der Waals surface area contributed by atoms with Gasteiger partial charge in [-0.3, -0.25) is 4.79 Å². The van der Waals surface area contributed by atoms with Gasteiger partial charge in [-0.15, -0.1) is 0 Å². The SMILES string of the molecule is COCCN(Cc1ccccc1OS(=O)(=O)c1ccc(OC)c(F)c1)C(=O)C(C)C. The Morgan fingerprint density at radius 3 is 2.40 bits per heavy atom. The van der Waals surface area contributed by atoms with Crippen molar-refractivity contribution >= 4 is 16.0 Å². The van der Waals surface area contributed by atoms with Crippen LogP contribution >= 0.6 is 0 Å². The number of hydrogen-bond donors (Lipinski definition) is 0. The third-order valence-corrected chi connectivity index (χ3v) is 5.55. The molecule has 9 heteroatoms. The first-order valence-electron chi connectivity index (χ1n) is 9.33. The molecule has 0 unspecified atom stereocenters. The molecule has 0 aromatic heterocycles. The summed E-state index contributed by atoms with van der Waals surface area (Å²) >= 11 is 0. The van der Waals surface area contributed by atoms with Crippen molar-refractivity contribution in [2.75, 3.05) is 27.4 Å². The quantitative estimate of drug-likeness (QED) is 0.529. The molecular weight excluding hydrogens is 413 g/mol. The van der Waals surface area contributed by atoms with E-state index in [1.165, 1.54) is 32.4 Å². The highest BCUT2D eigenvalue weighted by atomic mass is 32.2. The van der Waals surface area contributed by atoms with Crippen LogP contribution in [-0.2, 0) is 26.2 Å². The molecular formula is C21H26FNO6S. The van der Waals surface area contributed by atoms with Crippen molar-refractivity contribution < 1.29 is 31.3 Å². The molecule has 7 nitrogen and oxygen atoms in total. The Morgan fingerprint density at radius 1 is 1.10 bits per heavy atom. The second-order valence-corrected chi connectivity index (χ2v) is 8.40. The van der Waals surface area contributed by atoms with Crippen LogP contribution in [0.3, 0.4) is 0 Å². The van der Waals surface area contributed by atoms with E-state index < -0.39 is 15.9 Å². The molecule has 0 spiro atoms. The molecule has 0 aliphatic carbocycles. The number of rotatable bonds is 10. The molecule has 0 fully saturated rings. The molecule has 0 saturated carbocycles. The Bertz CT molecular complexity index is 977. The number of amides is 1. The van der Waals surface area contributed by atoms with Crippen molar-refractivity contribution in [1.29, 1.82) is 0 Å². The largest absolute Gasteiger partial charge is 0.494 e. The van der Waals surface area contributed by atoms with Gasteiger partial charge in [0.1, 0.15) is 10.6 Å². The number of carbonyl (C=O) groups excluding carboxylic acids is 1. The Hall–Kier alpha value is -2.65. The first-order valence-corrected chi connectivity index (χ1v) is 10.7. The average Bonchev–Trinajstić information content (AvgIpc) is 2.71. The van der Waals surface area contributed by atoms with Crippen LogP contribution in [0.25, 0.3) is 0 Å². The third kappa shape index (κ3) is 5.93. The number of halogens is 1. The van der Waals surface area contributed by atoms with E-state index in [-0.39, 0.29) is 34.8 Å². The summed E-state index contributed by atoms with van der Waals surface area (Å²) in [5.74, 6) is -1.16. The van der Waals surface area contributed by atoms with Crippen molar-refractivity contribution in [3.8, 4) is 11.5 Å². The van der Waals surface area contributed by atoms with Gasteiger partial charge in [-0.2, -0.15) is 8.42 Å². The van der Waals surface area contributed by atoms with Crippen molar-refractivity contribution in [1.82, 2.24) is 4.90 Å². The summed E-state index contributed by atoms with van der Waals surface area (Å²) in [5.41, 5.74) is 0.500. The van der Waals surface area contributed by atoms with Gasteiger partial charge in [0.15, 0.2) is 11.6 Å². The van der Waals surface area contributed by atoms with E-state index in [1.807, 2.05) is 0 Å². The van der Waals surface area contributed by atoms with E-state index in [1.54, 1.807) is 36.9 Å². The molecule has 0 aliphatic rings. The summed E-state index contributed by atoms with van der Waals surface area (Å²) < 4.78 is 54.5. The zero-order valence-electron chi connectivity index (χ0n) is 17.4. The minimum absolute atomic E-state index is 0.0627. The topological polar surface area (TPSA) is 82.1 Å². The van der Waals surface area contributed by atoms with E-state index >= 15 is 0 Å². The summed E-state index contributed by atoms with van der Waals surface area (Å²) in [5, 5.41) is 0. The monoisotopic (exact) mass is 439 g/mol. The lowest BCUT2D eigenvalue weighted by Gasteiger charge is -2.25. The smallest absolute Gasteiger partial charge is 0.339 e. The summed E-state index contributed by atoms with van der Waals surface area (Å²) in [7, 11) is -1.47. The second kappa shape index (κ2) is 10.4. The molecule has 30 heavy (non-hydrogen) atoms. The van der Waals surface area contributed by atoms with Crippen LogP contribution in [0.5, 0.6) is 11.5 Å². The average molecular weight is 440 g/mol. The molecule has 2 aromatic carbocycles. The van der Waals surface area contributed by atoms with Gasteiger partial charge in [0.25, 0.3) is 0 Å². The minimum atomic E-state index is -4.30.